The molecule has 0 heterocycles. The highest BCUT2D eigenvalue weighted by Gasteiger charge is 2.08. The van der Waals surface area contributed by atoms with E-state index in [9.17, 15) is 4.79 Å². The Hall–Kier alpha value is -1.71. The van der Waals surface area contributed by atoms with Gasteiger partial charge in [0.25, 0.3) is 0 Å². The summed E-state index contributed by atoms with van der Waals surface area (Å²) in [6.07, 6.45) is 0.343. The summed E-state index contributed by atoms with van der Waals surface area (Å²) in [5.41, 5.74) is 0. The van der Waals surface area contributed by atoms with Gasteiger partial charge in [-0.1, -0.05) is 6.92 Å². The normalized spacial score (nSPS) is 9.69. The number of methoxy groups -OCH3 is 1. The van der Waals surface area contributed by atoms with Crippen molar-refractivity contribution in [1.29, 1.82) is 0 Å². The van der Waals surface area contributed by atoms with Crippen molar-refractivity contribution < 1.29 is 19.0 Å². The van der Waals surface area contributed by atoms with Gasteiger partial charge in [-0.2, -0.15) is 0 Å². The summed E-state index contributed by atoms with van der Waals surface area (Å²) >= 11 is 0. The fraction of sp³-hybridized carbons (Fsp3) is 0.417. The van der Waals surface area contributed by atoms with Crippen molar-refractivity contribution in [3.8, 4) is 17.2 Å². The van der Waals surface area contributed by atoms with Crippen molar-refractivity contribution in [2.75, 3.05) is 13.7 Å². The van der Waals surface area contributed by atoms with Crippen LogP contribution in [0.1, 0.15) is 20.3 Å². The van der Waals surface area contributed by atoms with E-state index < -0.39 is 0 Å². The van der Waals surface area contributed by atoms with Crippen molar-refractivity contribution in [2.45, 2.75) is 20.3 Å². The molecule has 0 unspecified atom stereocenters. The number of carbonyl (C=O) groups excluding carboxylic acids is 1. The highest BCUT2D eigenvalue weighted by molar-refractivity contribution is 5.72. The van der Waals surface area contributed by atoms with Crippen LogP contribution in [-0.2, 0) is 4.79 Å². The van der Waals surface area contributed by atoms with Gasteiger partial charge in [-0.05, 0) is 19.1 Å². The van der Waals surface area contributed by atoms with Crippen LogP contribution in [0.4, 0.5) is 0 Å². The Morgan fingerprint density at radius 2 is 2.00 bits per heavy atom. The second kappa shape index (κ2) is 6.00. The van der Waals surface area contributed by atoms with E-state index in [0.29, 0.717) is 30.3 Å². The molecule has 1 aromatic carbocycles. The van der Waals surface area contributed by atoms with Gasteiger partial charge in [0.15, 0.2) is 11.5 Å². The van der Waals surface area contributed by atoms with Gasteiger partial charge < -0.3 is 14.2 Å². The molecule has 0 N–H and O–H groups in total. The second-order valence-corrected chi connectivity index (χ2v) is 3.07. The van der Waals surface area contributed by atoms with Crippen molar-refractivity contribution >= 4 is 5.97 Å². The van der Waals surface area contributed by atoms with E-state index in [4.69, 9.17) is 14.2 Å². The van der Waals surface area contributed by atoms with Crippen molar-refractivity contribution in [3.05, 3.63) is 18.2 Å². The molecule has 0 saturated heterocycles. The standard InChI is InChI=1S/C12H16O4/c1-4-12(13)16-9-6-7-10(14-3)11(8-9)15-5-2/h6-8H,4-5H2,1-3H3. The summed E-state index contributed by atoms with van der Waals surface area (Å²) < 4.78 is 15.6. The molecule has 0 aliphatic heterocycles. The first-order valence-electron chi connectivity index (χ1n) is 5.22. The fourth-order valence-corrected chi connectivity index (χ4v) is 1.19. The molecule has 0 saturated carbocycles. The maximum atomic E-state index is 11.1. The molecule has 88 valence electrons. The Bertz CT molecular complexity index is 360. The lowest BCUT2D eigenvalue weighted by atomic mass is 10.3. The third-order valence-electron chi connectivity index (χ3n) is 1.96. The predicted octanol–water partition coefficient (Wildman–Crippen LogP) is 2.41. The van der Waals surface area contributed by atoms with Gasteiger partial charge in [0.1, 0.15) is 5.75 Å². The molecular weight excluding hydrogens is 208 g/mol. The lowest BCUT2D eigenvalue weighted by Crippen LogP contribution is -2.06. The van der Waals surface area contributed by atoms with Gasteiger partial charge in [-0.3, -0.25) is 4.79 Å². The lowest BCUT2D eigenvalue weighted by Gasteiger charge is -2.10. The minimum absolute atomic E-state index is 0.271. The first-order valence-corrected chi connectivity index (χ1v) is 5.22. The van der Waals surface area contributed by atoms with E-state index in [1.54, 1.807) is 32.2 Å². The second-order valence-electron chi connectivity index (χ2n) is 3.07. The molecule has 0 atom stereocenters. The molecule has 0 bridgehead atoms. The number of hydrogen-bond donors (Lipinski definition) is 0. The average molecular weight is 224 g/mol. The Morgan fingerprint density at radius 1 is 1.25 bits per heavy atom. The van der Waals surface area contributed by atoms with Crippen LogP contribution in [0.5, 0.6) is 17.2 Å². The zero-order chi connectivity index (χ0) is 12.0. The molecule has 4 nitrogen and oxygen atoms in total. The number of rotatable bonds is 5. The van der Waals surface area contributed by atoms with Crippen molar-refractivity contribution in [2.24, 2.45) is 0 Å². The molecule has 16 heavy (non-hydrogen) atoms. The summed E-state index contributed by atoms with van der Waals surface area (Å²) in [6.45, 7) is 4.15. The van der Waals surface area contributed by atoms with E-state index in [1.165, 1.54) is 0 Å². The van der Waals surface area contributed by atoms with Gasteiger partial charge in [-0.15, -0.1) is 0 Å². The van der Waals surface area contributed by atoms with Gasteiger partial charge in [0.2, 0.25) is 0 Å². The molecule has 0 aliphatic carbocycles. The molecule has 4 heteroatoms. The van der Waals surface area contributed by atoms with E-state index in [0.717, 1.165) is 0 Å². The van der Waals surface area contributed by atoms with E-state index in [1.807, 2.05) is 6.92 Å². The zero-order valence-corrected chi connectivity index (χ0v) is 9.78. The Labute approximate surface area is 95.1 Å². The van der Waals surface area contributed by atoms with Gasteiger partial charge in [0, 0.05) is 12.5 Å². The fourth-order valence-electron chi connectivity index (χ4n) is 1.19. The monoisotopic (exact) mass is 224 g/mol. The molecule has 0 aromatic heterocycles. The van der Waals surface area contributed by atoms with Crippen molar-refractivity contribution in [1.82, 2.24) is 0 Å². The summed E-state index contributed by atoms with van der Waals surface area (Å²) in [5, 5.41) is 0. The van der Waals surface area contributed by atoms with Crippen LogP contribution in [0.25, 0.3) is 0 Å². The lowest BCUT2D eigenvalue weighted by molar-refractivity contribution is -0.134. The Balaban J connectivity index is 2.88. The van der Waals surface area contributed by atoms with Crippen LogP contribution < -0.4 is 14.2 Å². The highest BCUT2D eigenvalue weighted by Crippen LogP contribution is 2.31. The first kappa shape index (κ1) is 12.4. The highest BCUT2D eigenvalue weighted by atomic mass is 16.5. The van der Waals surface area contributed by atoms with Gasteiger partial charge in [-0.25, -0.2) is 0 Å². The molecule has 0 amide bonds. The molecule has 0 radical (unpaired) electrons. The third-order valence-corrected chi connectivity index (χ3v) is 1.96. The van der Waals surface area contributed by atoms with Gasteiger partial charge in [0.05, 0.1) is 13.7 Å². The first-order chi connectivity index (χ1) is 7.71. The number of hydrogen-bond acceptors (Lipinski definition) is 4. The Morgan fingerprint density at radius 3 is 2.56 bits per heavy atom. The summed E-state index contributed by atoms with van der Waals surface area (Å²) in [4.78, 5) is 11.1. The molecule has 1 rings (SSSR count). The average Bonchev–Trinajstić information content (AvgIpc) is 2.30. The Kier molecular flexibility index (Phi) is 4.64. The van der Waals surface area contributed by atoms with Gasteiger partial charge >= 0.3 is 5.97 Å². The van der Waals surface area contributed by atoms with Crippen LogP contribution in [0.3, 0.4) is 0 Å². The summed E-state index contributed by atoms with van der Waals surface area (Å²) in [6, 6.07) is 5.04. The summed E-state index contributed by atoms with van der Waals surface area (Å²) in [5.74, 6) is 1.40. The van der Waals surface area contributed by atoms with Crippen LogP contribution in [0, 0.1) is 0 Å². The number of esters is 1. The maximum Gasteiger partial charge on any atom is 0.310 e. The predicted molar refractivity (Wildman–Crippen MR) is 60.1 cm³/mol. The van der Waals surface area contributed by atoms with Crippen LogP contribution in [-0.4, -0.2) is 19.7 Å². The van der Waals surface area contributed by atoms with E-state index >= 15 is 0 Å². The van der Waals surface area contributed by atoms with E-state index in [2.05, 4.69) is 0 Å². The van der Waals surface area contributed by atoms with E-state index in [-0.39, 0.29) is 5.97 Å². The quantitative estimate of drug-likeness (QED) is 0.569. The number of benzene rings is 1. The SMILES string of the molecule is CCOc1cc(OC(=O)CC)ccc1OC. The third kappa shape index (κ3) is 3.15. The smallest absolute Gasteiger partial charge is 0.310 e. The number of carbonyl (C=O) groups is 1. The zero-order valence-electron chi connectivity index (χ0n) is 9.78. The van der Waals surface area contributed by atoms with Crippen LogP contribution >= 0.6 is 0 Å². The molecular formula is C12H16O4. The molecule has 0 fully saturated rings. The largest absolute Gasteiger partial charge is 0.493 e. The number of ether oxygens (including phenoxy) is 3. The molecule has 1 aromatic rings. The maximum absolute atomic E-state index is 11.1. The topological polar surface area (TPSA) is 44.8 Å². The van der Waals surface area contributed by atoms with Crippen molar-refractivity contribution in [3.63, 3.8) is 0 Å². The summed E-state index contributed by atoms with van der Waals surface area (Å²) in [7, 11) is 1.57. The molecule has 0 spiro atoms. The van der Waals surface area contributed by atoms with Crippen LogP contribution in [0.2, 0.25) is 0 Å². The minimum atomic E-state index is -0.271. The molecule has 0 aliphatic rings. The van der Waals surface area contributed by atoms with Crippen LogP contribution in [0.15, 0.2) is 18.2 Å². The minimum Gasteiger partial charge on any atom is -0.493 e.